The Bertz CT molecular complexity index is 518. The molecule has 1 aliphatic heterocycles. The molecule has 1 N–H and O–H groups in total. The van der Waals surface area contributed by atoms with E-state index in [1.165, 1.54) is 50.5 Å². The Morgan fingerprint density at radius 1 is 1.00 bits per heavy atom. The maximum atomic E-state index is 12.2. The smallest absolute Gasteiger partial charge is 0.318 e. The van der Waals surface area contributed by atoms with Crippen molar-refractivity contribution in [3.05, 3.63) is 35.9 Å². The molecule has 2 amide bonds. The SMILES string of the molecule is CCCC(CCC)N1CC(C2CCCCC2)NC1=O.CCc1ccccc1. The number of rotatable bonds is 7. The fraction of sp³-hybridized carbons (Fsp3) is 0.708. The Balaban J connectivity index is 0.000000273. The van der Waals surface area contributed by atoms with Gasteiger partial charge in [0.15, 0.2) is 0 Å². The Kier molecular flexibility index (Phi) is 9.72. The molecule has 1 saturated carbocycles. The Morgan fingerprint density at radius 3 is 2.15 bits per heavy atom. The lowest BCUT2D eigenvalue weighted by atomic mass is 9.84. The van der Waals surface area contributed by atoms with Crippen LogP contribution >= 0.6 is 0 Å². The molecule has 2 fully saturated rings. The van der Waals surface area contributed by atoms with E-state index in [2.05, 4.69) is 55.3 Å². The molecule has 0 bridgehead atoms. The predicted octanol–water partition coefficient (Wildman–Crippen LogP) is 6.18. The summed E-state index contributed by atoms with van der Waals surface area (Å²) in [5.41, 5.74) is 1.41. The third kappa shape index (κ3) is 6.86. The van der Waals surface area contributed by atoms with Crippen molar-refractivity contribution in [2.24, 2.45) is 5.92 Å². The van der Waals surface area contributed by atoms with Gasteiger partial charge in [-0.2, -0.15) is 0 Å². The average molecular weight is 373 g/mol. The monoisotopic (exact) mass is 372 g/mol. The van der Waals surface area contributed by atoms with Crippen LogP contribution < -0.4 is 5.32 Å². The first kappa shape index (κ1) is 21.8. The summed E-state index contributed by atoms with van der Waals surface area (Å²) < 4.78 is 0. The highest BCUT2D eigenvalue weighted by Crippen LogP contribution is 2.30. The van der Waals surface area contributed by atoms with Crippen LogP contribution in [0.2, 0.25) is 0 Å². The lowest BCUT2D eigenvalue weighted by Gasteiger charge is -2.29. The van der Waals surface area contributed by atoms with Gasteiger partial charge in [0.1, 0.15) is 0 Å². The summed E-state index contributed by atoms with van der Waals surface area (Å²) in [6, 6.07) is 11.5. The summed E-state index contributed by atoms with van der Waals surface area (Å²) in [4.78, 5) is 14.4. The molecule has 152 valence electrons. The van der Waals surface area contributed by atoms with Gasteiger partial charge in [0.2, 0.25) is 0 Å². The average Bonchev–Trinajstić information content (AvgIpc) is 3.11. The number of benzene rings is 1. The first-order valence-corrected chi connectivity index (χ1v) is 11.3. The minimum Gasteiger partial charge on any atom is -0.333 e. The van der Waals surface area contributed by atoms with Crippen molar-refractivity contribution < 1.29 is 4.79 Å². The van der Waals surface area contributed by atoms with E-state index in [1.54, 1.807) is 0 Å². The number of carbonyl (C=O) groups is 1. The summed E-state index contributed by atoms with van der Waals surface area (Å²) in [5, 5.41) is 3.26. The molecule has 1 heterocycles. The molecule has 1 aromatic carbocycles. The lowest BCUT2D eigenvalue weighted by Crippen LogP contribution is -2.37. The molecule has 3 nitrogen and oxygen atoms in total. The van der Waals surface area contributed by atoms with Crippen LogP contribution in [0.3, 0.4) is 0 Å². The van der Waals surface area contributed by atoms with E-state index in [4.69, 9.17) is 0 Å². The molecule has 0 aromatic heterocycles. The quantitative estimate of drug-likeness (QED) is 0.609. The van der Waals surface area contributed by atoms with Crippen LogP contribution in [0.15, 0.2) is 30.3 Å². The molecule has 1 saturated heterocycles. The zero-order chi connectivity index (χ0) is 19.5. The minimum absolute atomic E-state index is 0.197. The summed E-state index contributed by atoms with van der Waals surface area (Å²) in [6.07, 6.45) is 12.5. The molecule has 1 aromatic rings. The maximum absolute atomic E-state index is 12.2. The summed E-state index contributed by atoms with van der Waals surface area (Å²) in [7, 11) is 0. The van der Waals surface area contributed by atoms with Crippen LogP contribution in [-0.4, -0.2) is 29.6 Å². The second-order valence-electron chi connectivity index (χ2n) is 8.18. The van der Waals surface area contributed by atoms with Gasteiger partial charge < -0.3 is 10.2 Å². The van der Waals surface area contributed by atoms with Gasteiger partial charge >= 0.3 is 6.03 Å². The van der Waals surface area contributed by atoms with E-state index in [0.29, 0.717) is 12.1 Å². The van der Waals surface area contributed by atoms with Crippen LogP contribution in [0.4, 0.5) is 4.79 Å². The largest absolute Gasteiger partial charge is 0.333 e. The number of aryl methyl sites for hydroxylation is 1. The molecular formula is C24H40N2O. The Labute approximate surface area is 166 Å². The minimum atomic E-state index is 0.197. The standard InChI is InChI=1S/C16H30N2O.C8H10/c1-3-8-14(9-4-2)18-12-15(17-16(18)19)13-10-6-5-7-11-13;1-2-8-6-4-3-5-7-8/h13-15H,3-12H2,1-2H3,(H,17,19);3-7H,2H2,1H3. The molecule has 1 unspecified atom stereocenters. The van der Waals surface area contributed by atoms with Crippen LogP contribution in [-0.2, 0) is 6.42 Å². The van der Waals surface area contributed by atoms with E-state index in [9.17, 15) is 4.79 Å². The zero-order valence-electron chi connectivity index (χ0n) is 17.8. The second kappa shape index (κ2) is 12.0. The van der Waals surface area contributed by atoms with Crippen molar-refractivity contribution in [2.45, 2.75) is 97.1 Å². The normalized spacial score (nSPS) is 20.4. The van der Waals surface area contributed by atoms with Crippen molar-refractivity contribution in [2.75, 3.05) is 6.54 Å². The van der Waals surface area contributed by atoms with E-state index in [0.717, 1.165) is 31.7 Å². The molecule has 2 aliphatic rings. The molecule has 1 aliphatic carbocycles. The van der Waals surface area contributed by atoms with Gasteiger partial charge in [-0.15, -0.1) is 0 Å². The highest BCUT2D eigenvalue weighted by Gasteiger charge is 2.37. The van der Waals surface area contributed by atoms with Gasteiger partial charge in [-0.1, -0.05) is 83.2 Å². The van der Waals surface area contributed by atoms with E-state index in [1.807, 2.05) is 6.07 Å². The zero-order valence-corrected chi connectivity index (χ0v) is 17.8. The molecule has 27 heavy (non-hydrogen) atoms. The fourth-order valence-corrected chi connectivity index (χ4v) is 4.54. The molecule has 3 heteroatoms. The first-order chi connectivity index (χ1) is 13.2. The topological polar surface area (TPSA) is 32.3 Å². The number of hydrogen-bond donors (Lipinski definition) is 1. The number of hydrogen-bond acceptors (Lipinski definition) is 1. The molecule has 0 radical (unpaired) electrons. The van der Waals surface area contributed by atoms with Gasteiger partial charge in [0.05, 0.1) is 6.04 Å². The summed E-state index contributed by atoms with van der Waals surface area (Å²) in [5.74, 6) is 0.728. The number of carbonyl (C=O) groups excluding carboxylic acids is 1. The fourth-order valence-electron chi connectivity index (χ4n) is 4.54. The first-order valence-electron chi connectivity index (χ1n) is 11.3. The highest BCUT2D eigenvalue weighted by molar-refractivity contribution is 5.77. The second-order valence-corrected chi connectivity index (χ2v) is 8.18. The van der Waals surface area contributed by atoms with Crippen molar-refractivity contribution in [3.8, 4) is 0 Å². The van der Waals surface area contributed by atoms with Crippen LogP contribution in [0.5, 0.6) is 0 Å². The molecule has 3 rings (SSSR count). The summed E-state index contributed by atoms with van der Waals surface area (Å²) in [6.45, 7) is 7.55. The van der Waals surface area contributed by atoms with Crippen molar-refractivity contribution in [3.63, 3.8) is 0 Å². The molecule has 0 spiro atoms. The van der Waals surface area contributed by atoms with Crippen molar-refractivity contribution >= 4 is 6.03 Å². The Morgan fingerprint density at radius 2 is 1.63 bits per heavy atom. The van der Waals surface area contributed by atoms with Gasteiger partial charge in [-0.3, -0.25) is 0 Å². The van der Waals surface area contributed by atoms with E-state index in [-0.39, 0.29) is 6.03 Å². The maximum Gasteiger partial charge on any atom is 0.318 e. The molecule has 1 atom stereocenters. The number of urea groups is 1. The van der Waals surface area contributed by atoms with Crippen LogP contribution in [0.1, 0.15) is 84.1 Å². The number of nitrogens with one attached hydrogen (secondary N) is 1. The van der Waals surface area contributed by atoms with E-state index < -0.39 is 0 Å². The Hall–Kier alpha value is -1.51. The van der Waals surface area contributed by atoms with Crippen LogP contribution in [0, 0.1) is 5.92 Å². The summed E-state index contributed by atoms with van der Waals surface area (Å²) >= 11 is 0. The third-order valence-electron chi connectivity index (χ3n) is 6.12. The van der Waals surface area contributed by atoms with Crippen molar-refractivity contribution in [1.82, 2.24) is 10.2 Å². The number of amides is 2. The van der Waals surface area contributed by atoms with Crippen molar-refractivity contribution in [1.29, 1.82) is 0 Å². The third-order valence-corrected chi connectivity index (χ3v) is 6.12. The van der Waals surface area contributed by atoms with Gasteiger partial charge in [0, 0.05) is 12.6 Å². The molecular weight excluding hydrogens is 332 g/mol. The predicted molar refractivity (Wildman–Crippen MR) is 115 cm³/mol. The lowest BCUT2D eigenvalue weighted by molar-refractivity contribution is 0.186. The van der Waals surface area contributed by atoms with Gasteiger partial charge in [-0.05, 0) is 43.6 Å². The van der Waals surface area contributed by atoms with Gasteiger partial charge in [0.25, 0.3) is 0 Å². The van der Waals surface area contributed by atoms with Gasteiger partial charge in [-0.25, -0.2) is 4.79 Å². The van der Waals surface area contributed by atoms with E-state index >= 15 is 0 Å². The highest BCUT2D eigenvalue weighted by atomic mass is 16.2. The van der Waals surface area contributed by atoms with Crippen LogP contribution in [0.25, 0.3) is 0 Å². The number of nitrogens with zero attached hydrogens (tertiary/aromatic N) is 1.